The maximum Gasteiger partial charge on any atom is 0.0285 e. The van der Waals surface area contributed by atoms with Gasteiger partial charge in [0.2, 0.25) is 0 Å². The topological polar surface area (TPSA) is 0 Å². The summed E-state index contributed by atoms with van der Waals surface area (Å²) in [6.45, 7) is 6.49. The van der Waals surface area contributed by atoms with Crippen LogP contribution in [0.25, 0.3) is 0 Å². The summed E-state index contributed by atoms with van der Waals surface area (Å²) in [5.41, 5.74) is 1.40. The van der Waals surface area contributed by atoms with Crippen molar-refractivity contribution in [1.29, 1.82) is 0 Å². The van der Waals surface area contributed by atoms with E-state index in [2.05, 4.69) is 59.6 Å². The third kappa shape index (κ3) is 4.81. The highest BCUT2D eigenvalue weighted by atomic mass is 79.9. The molecule has 2 aromatic heterocycles. The summed E-state index contributed by atoms with van der Waals surface area (Å²) in [5.74, 6) is 0. The lowest BCUT2D eigenvalue weighted by Gasteiger charge is -1.79. The van der Waals surface area contributed by atoms with Gasteiger partial charge < -0.3 is 0 Å². The first-order valence-corrected chi connectivity index (χ1v) is 7.97. The Kier molecular flexibility index (Phi) is 6.32. The summed E-state index contributed by atoms with van der Waals surface area (Å²) in [7, 11) is 0. The maximum absolute atomic E-state index is 3.38. The van der Waals surface area contributed by atoms with Crippen molar-refractivity contribution in [3.63, 3.8) is 0 Å². The summed E-state index contributed by atoms with van der Waals surface area (Å²) < 4.78 is 1.21. The zero-order valence-electron chi connectivity index (χ0n) is 9.92. The molecule has 0 amide bonds. The van der Waals surface area contributed by atoms with Gasteiger partial charge in [-0.05, 0) is 58.8 Å². The van der Waals surface area contributed by atoms with Crippen LogP contribution in [0.2, 0.25) is 0 Å². The van der Waals surface area contributed by atoms with E-state index >= 15 is 0 Å². The molecule has 0 atom stereocenters. The molecule has 0 aromatic carbocycles. The van der Waals surface area contributed by atoms with Crippen LogP contribution in [0.3, 0.4) is 0 Å². The first kappa shape index (κ1) is 13.9. The van der Waals surface area contributed by atoms with Crippen LogP contribution < -0.4 is 0 Å². The van der Waals surface area contributed by atoms with Gasteiger partial charge in [0, 0.05) is 19.6 Å². The minimum atomic E-state index is 1.15. The Morgan fingerprint density at radius 2 is 1.56 bits per heavy atom. The van der Waals surface area contributed by atoms with Crippen LogP contribution in [0.1, 0.15) is 29.2 Å². The van der Waals surface area contributed by atoms with E-state index in [1.54, 1.807) is 11.3 Å². The number of hydrogen-bond acceptors (Lipinski definition) is 2. The predicted octanol–water partition coefficient (Wildman–Crippen LogP) is 5.69. The zero-order valence-corrected chi connectivity index (χ0v) is 13.1. The van der Waals surface area contributed by atoms with Crippen LogP contribution in [-0.2, 0) is 12.8 Å². The van der Waals surface area contributed by atoms with Gasteiger partial charge in [0.25, 0.3) is 0 Å². The van der Waals surface area contributed by atoms with Gasteiger partial charge in [0.15, 0.2) is 0 Å². The Labute approximate surface area is 114 Å². The molecule has 0 nitrogen and oxygen atoms in total. The van der Waals surface area contributed by atoms with E-state index in [0.29, 0.717) is 0 Å². The summed E-state index contributed by atoms with van der Waals surface area (Å²) in [6.07, 6.45) is 2.33. The molecule has 0 fully saturated rings. The number of rotatable bonds is 2. The van der Waals surface area contributed by atoms with Gasteiger partial charge in [0.05, 0.1) is 0 Å². The fraction of sp³-hybridized carbons (Fsp3) is 0.385. The molecule has 0 aliphatic heterocycles. The maximum atomic E-state index is 3.38. The molecular weight excluding hydrogens is 300 g/mol. The zero-order chi connectivity index (χ0) is 12.0. The summed E-state index contributed by atoms with van der Waals surface area (Å²) in [5, 5.41) is 4.30. The summed E-state index contributed by atoms with van der Waals surface area (Å²) >= 11 is 7.04. The lowest BCUT2D eigenvalue weighted by molar-refractivity contribution is 1.18. The fourth-order valence-electron chi connectivity index (χ4n) is 1.22. The first-order chi connectivity index (χ1) is 7.65. The first-order valence-electron chi connectivity index (χ1n) is 5.42. The molecule has 0 radical (unpaired) electrons. The highest BCUT2D eigenvalue weighted by Gasteiger charge is 1.91. The Hall–Kier alpha value is -0.120. The predicted molar refractivity (Wildman–Crippen MR) is 79.8 cm³/mol. The van der Waals surface area contributed by atoms with Gasteiger partial charge >= 0.3 is 0 Å². The van der Waals surface area contributed by atoms with E-state index < -0.39 is 0 Å². The summed E-state index contributed by atoms with van der Waals surface area (Å²) in [4.78, 5) is 2.93. The van der Waals surface area contributed by atoms with Crippen LogP contribution in [-0.4, -0.2) is 0 Å². The number of halogens is 1. The van der Waals surface area contributed by atoms with Crippen molar-refractivity contribution in [1.82, 2.24) is 0 Å². The molecule has 0 aliphatic rings. The van der Waals surface area contributed by atoms with Crippen LogP contribution in [0.5, 0.6) is 0 Å². The quantitative estimate of drug-likeness (QED) is 0.667. The van der Waals surface area contributed by atoms with Gasteiger partial charge in [-0.2, -0.15) is 0 Å². The highest BCUT2D eigenvalue weighted by molar-refractivity contribution is 9.10. The van der Waals surface area contributed by atoms with Crippen molar-refractivity contribution in [2.75, 3.05) is 0 Å². The Morgan fingerprint density at radius 3 is 1.81 bits per heavy atom. The van der Waals surface area contributed by atoms with Crippen molar-refractivity contribution in [3.05, 3.63) is 42.7 Å². The Morgan fingerprint density at radius 1 is 1.00 bits per heavy atom. The van der Waals surface area contributed by atoms with Gasteiger partial charge in [-0.25, -0.2) is 0 Å². The van der Waals surface area contributed by atoms with Crippen molar-refractivity contribution < 1.29 is 0 Å². The second kappa shape index (κ2) is 7.25. The molecule has 88 valence electrons. The van der Waals surface area contributed by atoms with E-state index in [-0.39, 0.29) is 0 Å². The average molecular weight is 317 g/mol. The van der Waals surface area contributed by atoms with E-state index in [1.165, 1.54) is 26.2 Å². The molecule has 0 N–H and O–H groups in total. The number of aryl methyl sites for hydroxylation is 3. The fourth-order valence-corrected chi connectivity index (χ4v) is 3.44. The Balaban J connectivity index is 0.000000160. The molecule has 2 rings (SSSR count). The van der Waals surface area contributed by atoms with Gasteiger partial charge in [0.1, 0.15) is 0 Å². The average Bonchev–Trinajstić information content (AvgIpc) is 2.88. The molecule has 16 heavy (non-hydrogen) atoms. The molecule has 0 saturated carbocycles. The van der Waals surface area contributed by atoms with Crippen molar-refractivity contribution in [2.45, 2.75) is 33.6 Å². The van der Waals surface area contributed by atoms with Crippen molar-refractivity contribution in [2.24, 2.45) is 0 Å². The molecule has 0 unspecified atom stereocenters. The summed E-state index contributed by atoms with van der Waals surface area (Å²) in [6, 6.07) is 4.40. The molecule has 0 spiro atoms. The van der Waals surface area contributed by atoms with Crippen molar-refractivity contribution in [3.8, 4) is 0 Å². The van der Waals surface area contributed by atoms with E-state index in [1.807, 2.05) is 11.3 Å². The Bertz CT molecular complexity index is 375. The lowest BCUT2D eigenvalue weighted by Crippen LogP contribution is -1.65. The monoisotopic (exact) mass is 316 g/mol. The molecule has 2 aromatic rings. The minimum Gasteiger partial charge on any atom is -0.149 e. The molecule has 2 heterocycles. The van der Waals surface area contributed by atoms with Gasteiger partial charge in [-0.1, -0.05) is 13.8 Å². The molecule has 0 bridgehead atoms. The largest absolute Gasteiger partial charge is 0.149 e. The SMILES string of the molecule is CCc1cc(Br)cs1.CCc1cc(C)cs1. The third-order valence-corrected chi connectivity index (χ3v) is 5.14. The standard InChI is InChI=1S/C7H10S.C6H7BrS/c1-3-7-4-6(2)5-8-7;1-2-6-3-5(7)4-8-6/h4-5H,3H2,1-2H3;3-4H,2H2,1H3. The van der Waals surface area contributed by atoms with Crippen LogP contribution in [0, 0.1) is 6.92 Å². The van der Waals surface area contributed by atoms with E-state index in [9.17, 15) is 0 Å². The van der Waals surface area contributed by atoms with E-state index in [0.717, 1.165) is 6.42 Å². The molecule has 0 saturated heterocycles. The number of thiophene rings is 2. The van der Waals surface area contributed by atoms with Crippen molar-refractivity contribution >= 4 is 38.6 Å². The third-order valence-electron chi connectivity index (χ3n) is 2.10. The van der Waals surface area contributed by atoms with E-state index in [4.69, 9.17) is 0 Å². The minimum absolute atomic E-state index is 1.15. The van der Waals surface area contributed by atoms with Crippen LogP contribution >= 0.6 is 38.6 Å². The smallest absolute Gasteiger partial charge is 0.0285 e. The number of hydrogen-bond donors (Lipinski definition) is 0. The van der Waals surface area contributed by atoms with Gasteiger partial charge in [-0.3, -0.25) is 0 Å². The highest BCUT2D eigenvalue weighted by Crippen LogP contribution is 2.19. The van der Waals surface area contributed by atoms with Crippen LogP contribution in [0.4, 0.5) is 0 Å². The molecule has 3 heteroatoms. The van der Waals surface area contributed by atoms with Crippen LogP contribution in [0.15, 0.2) is 27.4 Å². The molecule has 0 aliphatic carbocycles. The second-order valence-corrected chi connectivity index (χ2v) is 6.44. The normalized spacial score (nSPS) is 9.75. The van der Waals surface area contributed by atoms with Gasteiger partial charge in [-0.15, -0.1) is 22.7 Å². The second-order valence-electron chi connectivity index (χ2n) is 3.53. The lowest BCUT2D eigenvalue weighted by atomic mass is 10.3. The molecular formula is C13H17BrS2.